The van der Waals surface area contributed by atoms with Gasteiger partial charge in [-0.3, -0.25) is 19.7 Å². The van der Waals surface area contributed by atoms with Crippen molar-refractivity contribution in [3.8, 4) is 5.75 Å². The second-order valence-corrected chi connectivity index (χ2v) is 8.98. The normalized spacial score (nSPS) is 18.9. The van der Waals surface area contributed by atoms with Gasteiger partial charge in [0.25, 0.3) is 11.1 Å². The molecule has 0 aliphatic carbocycles. The Balaban J connectivity index is 1.90. The number of amides is 2. The van der Waals surface area contributed by atoms with E-state index in [0.717, 1.165) is 22.2 Å². The van der Waals surface area contributed by atoms with Gasteiger partial charge in [0.1, 0.15) is 10.5 Å². The van der Waals surface area contributed by atoms with Gasteiger partial charge in [0, 0.05) is 4.92 Å². The van der Waals surface area contributed by atoms with Crippen LogP contribution in [0.5, 0.6) is 5.75 Å². The van der Waals surface area contributed by atoms with E-state index in [0.29, 0.717) is 22.6 Å². The third-order valence-corrected chi connectivity index (χ3v) is 7.16. The molecule has 1 heterocycles. The minimum Gasteiger partial charge on any atom is -0.497 e. The minimum atomic E-state index is -1.49. The minimum absolute atomic E-state index is 0.389. The standard InChI is InChI=1S/C25H22N2O5S/c1-17-8-10-18(11-9-17)22(16-26(30)31)25(19-6-4-3-5-7-19)23(28)27(24(29)33-25)20-12-14-21(32-2)15-13-20/h3-15,22H,16H2,1-2H3/t22?,25-/m1/s1. The van der Waals surface area contributed by atoms with E-state index in [1.54, 1.807) is 66.7 Å². The number of rotatable bonds is 7. The number of anilines is 1. The molecule has 0 aromatic heterocycles. The van der Waals surface area contributed by atoms with Crippen LogP contribution in [0.15, 0.2) is 78.9 Å². The van der Waals surface area contributed by atoms with Crippen molar-refractivity contribution >= 4 is 28.6 Å². The van der Waals surface area contributed by atoms with E-state index < -0.39 is 33.3 Å². The van der Waals surface area contributed by atoms with Crippen molar-refractivity contribution in [3.05, 3.63) is 106 Å². The molecular weight excluding hydrogens is 440 g/mol. The zero-order chi connectivity index (χ0) is 23.6. The highest BCUT2D eigenvalue weighted by atomic mass is 32.2. The van der Waals surface area contributed by atoms with E-state index in [1.165, 1.54) is 7.11 Å². The Morgan fingerprint density at radius 3 is 2.21 bits per heavy atom. The van der Waals surface area contributed by atoms with Crippen LogP contribution in [-0.4, -0.2) is 29.7 Å². The van der Waals surface area contributed by atoms with Gasteiger partial charge in [-0.2, -0.15) is 0 Å². The lowest BCUT2D eigenvalue weighted by Crippen LogP contribution is -2.44. The van der Waals surface area contributed by atoms with Gasteiger partial charge in [-0.1, -0.05) is 60.2 Å². The maximum absolute atomic E-state index is 14.1. The molecule has 1 saturated heterocycles. The number of carbonyl (C=O) groups is 2. The second kappa shape index (κ2) is 9.07. The summed E-state index contributed by atoms with van der Waals surface area (Å²) in [6, 6.07) is 22.7. The molecule has 3 aromatic carbocycles. The quantitative estimate of drug-likeness (QED) is 0.356. The Morgan fingerprint density at radius 1 is 1.00 bits per heavy atom. The number of thioether (sulfide) groups is 1. The molecule has 168 valence electrons. The Bertz CT molecular complexity index is 1180. The zero-order valence-corrected chi connectivity index (χ0v) is 19.0. The fraction of sp³-hybridized carbons (Fsp3) is 0.200. The molecule has 33 heavy (non-hydrogen) atoms. The van der Waals surface area contributed by atoms with Gasteiger partial charge in [0.05, 0.1) is 18.7 Å². The number of benzene rings is 3. The van der Waals surface area contributed by atoms with E-state index in [9.17, 15) is 19.7 Å². The lowest BCUT2D eigenvalue weighted by molar-refractivity contribution is -0.484. The maximum Gasteiger partial charge on any atom is 0.294 e. The van der Waals surface area contributed by atoms with Gasteiger partial charge in [-0.15, -0.1) is 0 Å². The summed E-state index contributed by atoms with van der Waals surface area (Å²) in [6.07, 6.45) is 0. The molecule has 0 radical (unpaired) electrons. The van der Waals surface area contributed by atoms with Crippen molar-refractivity contribution < 1.29 is 19.2 Å². The number of methoxy groups -OCH3 is 1. The SMILES string of the molecule is COc1ccc(N2C(=O)S[C@](c3ccccc3)(C(C[N+](=O)[O-])c3ccc(C)cc3)C2=O)cc1. The van der Waals surface area contributed by atoms with Gasteiger partial charge in [-0.25, -0.2) is 4.90 Å². The van der Waals surface area contributed by atoms with Gasteiger partial charge in [0.2, 0.25) is 6.54 Å². The smallest absolute Gasteiger partial charge is 0.294 e. The maximum atomic E-state index is 14.1. The summed E-state index contributed by atoms with van der Waals surface area (Å²) in [7, 11) is 1.53. The van der Waals surface area contributed by atoms with Crippen LogP contribution in [-0.2, 0) is 9.54 Å². The van der Waals surface area contributed by atoms with Gasteiger partial charge < -0.3 is 4.74 Å². The summed E-state index contributed by atoms with van der Waals surface area (Å²) < 4.78 is 3.69. The first-order valence-corrected chi connectivity index (χ1v) is 11.1. The number of nitro groups is 1. The summed E-state index contributed by atoms with van der Waals surface area (Å²) in [5.74, 6) is -0.771. The van der Waals surface area contributed by atoms with Gasteiger partial charge in [-0.05, 0) is 54.1 Å². The second-order valence-electron chi connectivity index (χ2n) is 7.79. The van der Waals surface area contributed by atoms with Crippen molar-refractivity contribution in [1.29, 1.82) is 0 Å². The molecule has 3 aromatic rings. The molecule has 2 amide bonds. The molecule has 1 unspecified atom stereocenters. The highest BCUT2D eigenvalue weighted by Crippen LogP contribution is 2.55. The molecule has 1 aliphatic heterocycles. The van der Waals surface area contributed by atoms with Crippen LogP contribution >= 0.6 is 11.8 Å². The first-order valence-electron chi connectivity index (χ1n) is 10.3. The Morgan fingerprint density at radius 2 is 1.64 bits per heavy atom. The fourth-order valence-electron chi connectivity index (χ4n) is 4.14. The van der Waals surface area contributed by atoms with E-state index in [4.69, 9.17) is 4.74 Å². The van der Waals surface area contributed by atoms with Crippen molar-refractivity contribution in [1.82, 2.24) is 0 Å². The van der Waals surface area contributed by atoms with Crippen molar-refractivity contribution in [2.75, 3.05) is 18.6 Å². The van der Waals surface area contributed by atoms with E-state index in [-0.39, 0.29) is 0 Å². The number of nitrogens with zero attached hydrogens (tertiary/aromatic N) is 2. The fourth-order valence-corrected chi connectivity index (χ4v) is 5.48. The lowest BCUT2D eigenvalue weighted by Gasteiger charge is -2.33. The number of hydrogen-bond donors (Lipinski definition) is 0. The Labute approximate surface area is 195 Å². The molecule has 8 heteroatoms. The zero-order valence-electron chi connectivity index (χ0n) is 18.1. The number of carbonyl (C=O) groups excluding carboxylic acids is 2. The van der Waals surface area contributed by atoms with Gasteiger partial charge in [0.15, 0.2) is 0 Å². The molecule has 4 rings (SSSR count). The summed E-state index contributed by atoms with van der Waals surface area (Å²) in [4.78, 5) is 39.8. The average molecular weight is 463 g/mol. The molecule has 1 fully saturated rings. The number of aryl methyl sites for hydroxylation is 1. The van der Waals surface area contributed by atoms with Crippen LogP contribution in [0, 0.1) is 17.0 Å². The van der Waals surface area contributed by atoms with Crippen LogP contribution in [0.3, 0.4) is 0 Å². The lowest BCUT2D eigenvalue weighted by atomic mass is 9.79. The molecular formula is C25H22N2O5S. The predicted octanol–water partition coefficient (Wildman–Crippen LogP) is 5.16. The van der Waals surface area contributed by atoms with Crippen LogP contribution in [0.4, 0.5) is 10.5 Å². The third-order valence-electron chi connectivity index (χ3n) is 5.79. The third kappa shape index (κ3) is 4.09. The monoisotopic (exact) mass is 462 g/mol. The summed E-state index contributed by atoms with van der Waals surface area (Å²) in [6.45, 7) is 1.42. The van der Waals surface area contributed by atoms with Crippen LogP contribution in [0.1, 0.15) is 22.6 Å². The van der Waals surface area contributed by atoms with Crippen LogP contribution in [0.25, 0.3) is 0 Å². The number of imide groups is 1. The Kier molecular flexibility index (Phi) is 6.20. The Hall–Kier alpha value is -3.65. The largest absolute Gasteiger partial charge is 0.497 e. The van der Waals surface area contributed by atoms with Crippen molar-refractivity contribution in [2.24, 2.45) is 0 Å². The van der Waals surface area contributed by atoms with Crippen LogP contribution in [0.2, 0.25) is 0 Å². The van der Waals surface area contributed by atoms with E-state index in [2.05, 4.69) is 0 Å². The molecule has 1 aliphatic rings. The molecule has 7 nitrogen and oxygen atoms in total. The van der Waals surface area contributed by atoms with Crippen molar-refractivity contribution in [2.45, 2.75) is 17.6 Å². The number of ether oxygens (including phenoxy) is 1. The highest BCUT2D eigenvalue weighted by Gasteiger charge is 2.60. The first-order chi connectivity index (χ1) is 15.9. The number of hydrogen-bond acceptors (Lipinski definition) is 6. The van der Waals surface area contributed by atoms with Crippen LogP contribution < -0.4 is 9.64 Å². The summed E-state index contributed by atoms with van der Waals surface area (Å²) in [5.41, 5.74) is 2.57. The highest BCUT2D eigenvalue weighted by molar-refractivity contribution is 8.16. The van der Waals surface area contributed by atoms with E-state index in [1.807, 2.05) is 19.1 Å². The summed E-state index contributed by atoms with van der Waals surface area (Å²) >= 11 is 0.838. The molecule has 0 N–H and O–H groups in total. The van der Waals surface area contributed by atoms with Gasteiger partial charge >= 0.3 is 0 Å². The topological polar surface area (TPSA) is 89.8 Å². The predicted molar refractivity (Wildman–Crippen MR) is 127 cm³/mol. The van der Waals surface area contributed by atoms with E-state index >= 15 is 0 Å². The molecule has 0 bridgehead atoms. The molecule has 0 spiro atoms. The molecule has 2 atom stereocenters. The van der Waals surface area contributed by atoms with Crippen molar-refractivity contribution in [3.63, 3.8) is 0 Å². The average Bonchev–Trinajstić information content (AvgIpc) is 3.09. The first kappa shape index (κ1) is 22.5. The molecule has 0 saturated carbocycles. The summed E-state index contributed by atoms with van der Waals surface area (Å²) in [5, 5.41) is 11.3.